The first kappa shape index (κ1) is 20.2. The zero-order valence-electron chi connectivity index (χ0n) is 16.6. The highest BCUT2D eigenvalue weighted by Crippen LogP contribution is 2.23. The van der Waals surface area contributed by atoms with E-state index in [9.17, 15) is 4.79 Å². The molecule has 0 saturated carbocycles. The van der Waals surface area contributed by atoms with Crippen LogP contribution in [-0.2, 0) is 19.7 Å². The van der Waals surface area contributed by atoms with Gasteiger partial charge in [0.2, 0.25) is 0 Å². The Morgan fingerprint density at radius 2 is 1.64 bits per heavy atom. The van der Waals surface area contributed by atoms with Crippen LogP contribution in [0.2, 0.25) is 0 Å². The Bertz CT molecular complexity index is 1030. The molecule has 3 aromatic rings. The van der Waals surface area contributed by atoms with E-state index in [1.807, 2.05) is 60.9 Å². The topological polar surface area (TPSA) is 57.2 Å². The second kappa shape index (κ2) is 9.13. The highest BCUT2D eigenvalue weighted by Gasteiger charge is 2.13. The third-order valence-electron chi connectivity index (χ3n) is 4.94. The number of ether oxygens (including phenoxy) is 1. The molecule has 0 unspecified atom stereocenters. The first-order valence-corrected chi connectivity index (χ1v) is 10.5. The molecule has 0 atom stereocenters. The summed E-state index contributed by atoms with van der Waals surface area (Å²) in [6.45, 7) is 5.19. The van der Waals surface area contributed by atoms with Gasteiger partial charge in [0.05, 0.1) is 12.1 Å². The smallest absolute Gasteiger partial charge is 0.257 e. The van der Waals surface area contributed by atoms with Crippen LogP contribution in [0.25, 0.3) is 0 Å². The molecule has 5 heteroatoms. The minimum Gasteiger partial charge on any atom is -0.488 e. The van der Waals surface area contributed by atoms with Crippen molar-refractivity contribution in [1.82, 2.24) is 4.57 Å². The summed E-state index contributed by atoms with van der Waals surface area (Å²) in [6.07, 6.45) is 2.05. The Morgan fingerprint density at radius 1 is 1.00 bits per heavy atom. The predicted octanol–water partition coefficient (Wildman–Crippen LogP) is 4.27. The van der Waals surface area contributed by atoms with Crippen molar-refractivity contribution in [2.75, 3.05) is 6.26 Å². The zero-order chi connectivity index (χ0) is 20.1. The van der Waals surface area contributed by atoms with Crippen LogP contribution in [0.3, 0.4) is 0 Å². The van der Waals surface area contributed by atoms with Gasteiger partial charge in [-0.15, -0.1) is 11.8 Å². The molecular formula is C23H26N2O2S. The lowest BCUT2D eigenvalue weighted by atomic mass is 10.1. The number of hydrogen-bond acceptors (Lipinski definition) is 4. The lowest BCUT2D eigenvalue weighted by Crippen LogP contribution is -2.25. The monoisotopic (exact) mass is 394 g/mol. The molecule has 0 bridgehead atoms. The molecule has 0 aliphatic carbocycles. The molecule has 2 N–H and O–H groups in total. The van der Waals surface area contributed by atoms with Crippen LogP contribution in [0.4, 0.5) is 0 Å². The van der Waals surface area contributed by atoms with Crippen LogP contribution in [0.15, 0.2) is 64.3 Å². The molecular weight excluding hydrogens is 368 g/mol. The van der Waals surface area contributed by atoms with E-state index < -0.39 is 0 Å². The maximum Gasteiger partial charge on any atom is 0.257 e. The van der Waals surface area contributed by atoms with Gasteiger partial charge in [0.25, 0.3) is 5.56 Å². The normalized spacial score (nSPS) is 10.9. The van der Waals surface area contributed by atoms with Gasteiger partial charge in [-0.1, -0.05) is 42.5 Å². The summed E-state index contributed by atoms with van der Waals surface area (Å²) in [4.78, 5) is 14.2. The first-order chi connectivity index (χ1) is 13.5. The third kappa shape index (κ3) is 4.32. The van der Waals surface area contributed by atoms with Crippen LogP contribution < -0.4 is 16.0 Å². The van der Waals surface area contributed by atoms with E-state index >= 15 is 0 Å². The highest BCUT2D eigenvalue weighted by atomic mass is 32.2. The van der Waals surface area contributed by atoms with Gasteiger partial charge in [0, 0.05) is 17.1 Å². The summed E-state index contributed by atoms with van der Waals surface area (Å²) >= 11 is 1.69. The summed E-state index contributed by atoms with van der Waals surface area (Å²) in [5, 5.41) is 0. The van der Waals surface area contributed by atoms with Gasteiger partial charge >= 0.3 is 0 Å². The van der Waals surface area contributed by atoms with Crippen LogP contribution in [-0.4, -0.2) is 10.8 Å². The van der Waals surface area contributed by atoms with Crippen molar-refractivity contribution in [1.29, 1.82) is 0 Å². The number of aryl methyl sites for hydroxylation is 1. The first-order valence-electron chi connectivity index (χ1n) is 9.27. The van der Waals surface area contributed by atoms with Crippen molar-refractivity contribution < 1.29 is 4.74 Å². The fourth-order valence-electron chi connectivity index (χ4n) is 3.25. The molecule has 0 aliphatic rings. The molecule has 0 saturated heterocycles. The Morgan fingerprint density at radius 3 is 2.32 bits per heavy atom. The van der Waals surface area contributed by atoms with Crippen molar-refractivity contribution in [2.24, 2.45) is 5.73 Å². The summed E-state index contributed by atoms with van der Waals surface area (Å²) in [7, 11) is 0. The molecule has 3 rings (SSSR count). The minimum absolute atomic E-state index is 0.0157. The molecule has 2 aromatic carbocycles. The van der Waals surface area contributed by atoms with Gasteiger partial charge in [-0.2, -0.15) is 0 Å². The van der Waals surface area contributed by atoms with Crippen LogP contribution in [0, 0.1) is 13.8 Å². The van der Waals surface area contributed by atoms with Crippen LogP contribution >= 0.6 is 11.8 Å². The average Bonchev–Trinajstić information content (AvgIpc) is 2.73. The number of rotatable bonds is 7. The molecule has 0 aliphatic heterocycles. The standard InChI is InChI=1S/C23H26N2O2S/c1-16-12-21(27-15-20-10-5-4-8-18(20)13-24)17(2)23(26)25(16)14-19-9-6-7-11-22(19)28-3/h4-12H,13-15,24H2,1-3H3. The molecule has 28 heavy (non-hydrogen) atoms. The Balaban J connectivity index is 1.87. The summed E-state index contributed by atoms with van der Waals surface area (Å²) in [5.74, 6) is 0.628. The van der Waals surface area contributed by atoms with Gasteiger partial charge in [-0.3, -0.25) is 4.79 Å². The lowest BCUT2D eigenvalue weighted by Gasteiger charge is -2.17. The minimum atomic E-state index is -0.0157. The van der Waals surface area contributed by atoms with E-state index in [0.29, 0.717) is 31.0 Å². The van der Waals surface area contributed by atoms with Crippen LogP contribution in [0.5, 0.6) is 5.75 Å². The molecule has 4 nitrogen and oxygen atoms in total. The van der Waals surface area contributed by atoms with Crippen LogP contribution in [0.1, 0.15) is 27.9 Å². The fraction of sp³-hybridized carbons (Fsp3) is 0.261. The number of nitrogens with zero attached hydrogens (tertiary/aromatic N) is 1. The quantitative estimate of drug-likeness (QED) is 0.608. The number of pyridine rings is 1. The van der Waals surface area contributed by atoms with E-state index in [-0.39, 0.29) is 5.56 Å². The van der Waals surface area contributed by atoms with Crippen molar-refractivity contribution in [3.8, 4) is 5.75 Å². The van der Waals surface area contributed by atoms with Crippen molar-refractivity contribution in [3.63, 3.8) is 0 Å². The maximum atomic E-state index is 13.0. The van der Waals surface area contributed by atoms with Crippen molar-refractivity contribution >= 4 is 11.8 Å². The lowest BCUT2D eigenvalue weighted by molar-refractivity contribution is 0.301. The fourth-order valence-corrected chi connectivity index (χ4v) is 3.86. The molecule has 1 aromatic heterocycles. The molecule has 0 radical (unpaired) electrons. The van der Waals surface area contributed by atoms with E-state index in [2.05, 4.69) is 18.4 Å². The van der Waals surface area contributed by atoms with E-state index in [4.69, 9.17) is 10.5 Å². The second-order valence-corrected chi connectivity index (χ2v) is 7.59. The Labute approximate surface area is 170 Å². The predicted molar refractivity (Wildman–Crippen MR) is 116 cm³/mol. The molecule has 0 fully saturated rings. The molecule has 0 spiro atoms. The largest absolute Gasteiger partial charge is 0.488 e. The van der Waals surface area contributed by atoms with Gasteiger partial charge in [0.1, 0.15) is 12.4 Å². The third-order valence-corrected chi connectivity index (χ3v) is 5.78. The average molecular weight is 395 g/mol. The van der Waals surface area contributed by atoms with Gasteiger partial charge in [0.15, 0.2) is 0 Å². The van der Waals surface area contributed by atoms with E-state index in [1.54, 1.807) is 11.8 Å². The highest BCUT2D eigenvalue weighted by molar-refractivity contribution is 7.98. The van der Waals surface area contributed by atoms with Gasteiger partial charge in [-0.25, -0.2) is 0 Å². The number of nitrogens with two attached hydrogens (primary N) is 1. The summed E-state index contributed by atoms with van der Waals surface area (Å²) < 4.78 is 7.81. The van der Waals surface area contributed by atoms with Gasteiger partial charge in [-0.05, 0) is 48.9 Å². The maximum absolute atomic E-state index is 13.0. The summed E-state index contributed by atoms with van der Waals surface area (Å²) in [6, 6.07) is 18.1. The summed E-state index contributed by atoms with van der Waals surface area (Å²) in [5.41, 5.74) is 10.5. The van der Waals surface area contributed by atoms with Crippen molar-refractivity contribution in [3.05, 3.63) is 92.9 Å². The molecule has 146 valence electrons. The number of hydrogen-bond donors (Lipinski definition) is 1. The number of thioether (sulfide) groups is 1. The Hall–Kier alpha value is -2.50. The second-order valence-electron chi connectivity index (χ2n) is 6.74. The Kier molecular flexibility index (Phi) is 6.60. The molecule has 0 amide bonds. The number of aromatic nitrogens is 1. The number of benzene rings is 2. The van der Waals surface area contributed by atoms with E-state index in [0.717, 1.165) is 22.4 Å². The SMILES string of the molecule is CSc1ccccc1Cn1c(C)cc(OCc2ccccc2CN)c(C)c1=O. The zero-order valence-corrected chi connectivity index (χ0v) is 17.4. The van der Waals surface area contributed by atoms with E-state index in [1.165, 1.54) is 4.90 Å². The molecule has 1 heterocycles. The van der Waals surface area contributed by atoms with Crippen molar-refractivity contribution in [2.45, 2.75) is 38.4 Å². The van der Waals surface area contributed by atoms with Gasteiger partial charge < -0.3 is 15.0 Å².